The lowest BCUT2D eigenvalue weighted by Gasteiger charge is -2.34. The second-order valence-electron chi connectivity index (χ2n) is 5.06. The summed E-state index contributed by atoms with van der Waals surface area (Å²) in [6.45, 7) is 0.569. The van der Waals surface area contributed by atoms with Crippen LogP contribution in [-0.4, -0.2) is 40.1 Å². The summed E-state index contributed by atoms with van der Waals surface area (Å²) >= 11 is 0. The average molecular weight is 299 g/mol. The predicted molar refractivity (Wildman–Crippen MR) is 68.7 cm³/mol. The Bertz CT molecular complexity index is 556. The summed E-state index contributed by atoms with van der Waals surface area (Å²) in [4.78, 5) is 23.9. The van der Waals surface area contributed by atoms with Gasteiger partial charge in [0, 0.05) is 13.1 Å². The van der Waals surface area contributed by atoms with Crippen LogP contribution in [0.15, 0.2) is 18.2 Å². The number of carboxylic acid groups (broad SMARTS) is 2. The Balaban J connectivity index is 2.18. The third kappa shape index (κ3) is 3.36. The number of carbonyl (C=O) groups is 2. The van der Waals surface area contributed by atoms with E-state index in [0.717, 1.165) is 12.1 Å². The molecule has 1 heterocycles. The van der Waals surface area contributed by atoms with E-state index >= 15 is 0 Å². The molecule has 0 aromatic heterocycles. The Labute approximate surface area is 119 Å². The van der Waals surface area contributed by atoms with Crippen molar-refractivity contribution in [2.75, 3.05) is 13.1 Å². The molecule has 2 N–H and O–H groups in total. The van der Waals surface area contributed by atoms with Gasteiger partial charge in [-0.3, -0.25) is 14.5 Å². The summed E-state index contributed by atoms with van der Waals surface area (Å²) in [6, 6.07) is 1.90. The summed E-state index contributed by atoms with van der Waals surface area (Å²) in [5, 5.41) is 18.3. The van der Waals surface area contributed by atoms with E-state index in [-0.39, 0.29) is 18.7 Å². The first-order valence-electron chi connectivity index (χ1n) is 6.54. The second kappa shape index (κ2) is 6.17. The van der Waals surface area contributed by atoms with Gasteiger partial charge in [-0.25, -0.2) is 8.78 Å². The van der Waals surface area contributed by atoms with E-state index in [1.807, 2.05) is 0 Å². The van der Waals surface area contributed by atoms with E-state index in [0.29, 0.717) is 12.8 Å². The number of carboxylic acids is 2. The maximum absolute atomic E-state index is 13.3. The number of hydrogen-bond acceptors (Lipinski definition) is 3. The molecule has 1 aromatic carbocycles. The Hall–Kier alpha value is -2.02. The maximum atomic E-state index is 13.3. The summed E-state index contributed by atoms with van der Waals surface area (Å²) in [6.07, 6.45) is 0.672. The number of nitrogens with zero attached hydrogens (tertiary/aromatic N) is 1. The van der Waals surface area contributed by atoms with Crippen molar-refractivity contribution in [1.82, 2.24) is 4.90 Å². The van der Waals surface area contributed by atoms with Gasteiger partial charge in [0.05, 0.1) is 5.92 Å². The fraction of sp³-hybridized carbons (Fsp3) is 0.429. The standard InChI is InChI=1S/C14H15F2NO4/c15-10-2-1-9(7-11(10)16)12(14(20)21)17-5-3-8(4-6-17)13(18)19/h1-2,7-8,12H,3-6H2,(H,18,19)(H,20,21). The molecule has 0 radical (unpaired) electrons. The normalized spacial score (nSPS) is 18.4. The molecule has 2 rings (SSSR count). The molecular formula is C14H15F2NO4. The van der Waals surface area contributed by atoms with E-state index in [2.05, 4.69) is 0 Å². The second-order valence-corrected chi connectivity index (χ2v) is 5.06. The smallest absolute Gasteiger partial charge is 0.325 e. The summed E-state index contributed by atoms with van der Waals surface area (Å²) in [5.74, 6) is -4.68. The van der Waals surface area contributed by atoms with Crippen molar-refractivity contribution >= 4 is 11.9 Å². The first kappa shape index (κ1) is 15.4. The van der Waals surface area contributed by atoms with Crippen LogP contribution < -0.4 is 0 Å². The van der Waals surface area contributed by atoms with Gasteiger partial charge in [-0.2, -0.15) is 0 Å². The molecule has 5 nitrogen and oxygen atoms in total. The molecule has 0 amide bonds. The molecule has 0 spiro atoms. The van der Waals surface area contributed by atoms with Crippen molar-refractivity contribution in [1.29, 1.82) is 0 Å². The van der Waals surface area contributed by atoms with Gasteiger partial charge in [0.2, 0.25) is 0 Å². The monoisotopic (exact) mass is 299 g/mol. The van der Waals surface area contributed by atoms with Crippen LogP contribution in [0.4, 0.5) is 8.78 Å². The molecule has 0 aliphatic carbocycles. The van der Waals surface area contributed by atoms with Crippen molar-refractivity contribution < 1.29 is 28.6 Å². The fourth-order valence-corrected chi connectivity index (χ4v) is 2.60. The van der Waals surface area contributed by atoms with E-state index in [9.17, 15) is 23.5 Å². The number of benzene rings is 1. The molecule has 114 valence electrons. The molecule has 0 saturated carbocycles. The fourth-order valence-electron chi connectivity index (χ4n) is 2.60. The zero-order valence-corrected chi connectivity index (χ0v) is 11.1. The molecular weight excluding hydrogens is 284 g/mol. The van der Waals surface area contributed by atoms with Crippen molar-refractivity contribution in [3.8, 4) is 0 Å². The first-order chi connectivity index (χ1) is 9.90. The summed E-state index contributed by atoms with van der Waals surface area (Å²) < 4.78 is 26.2. The highest BCUT2D eigenvalue weighted by Gasteiger charge is 2.33. The minimum atomic E-state index is -1.17. The maximum Gasteiger partial charge on any atom is 0.325 e. The Morgan fingerprint density at radius 1 is 1.14 bits per heavy atom. The molecule has 1 aromatic rings. The van der Waals surface area contributed by atoms with Gasteiger partial charge in [0.1, 0.15) is 6.04 Å². The molecule has 21 heavy (non-hydrogen) atoms. The number of likely N-dealkylation sites (tertiary alicyclic amines) is 1. The Kier molecular flexibility index (Phi) is 4.52. The van der Waals surface area contributed by atoms with Crippen LogP contribution in [0.2, 0.25) is 0 Å². The van der Waals surface area contributed by atoms with Crippen LogP contribution in [0, 0.1) is 17.6 Å². The molecule has 0 bridgehead atoms. The van der Waals surface area contributed by atoms with Crippen molar-refractivity contribution in [3.05, 3.63) is 35.4 Å². The van der Waals surface area contributed by atoms with E-state index in [1.165, 1.54) is 6.07 Å². The molecule has 1 aliphatic heterocycles. The van der Waals surface area contributed by atoms with Crippen molar-refractivity contribution in [2.24, 2.45) is 5.92 Å². The van der Waals surface area contributed by atoms with E-state index in [4.69, 9.17) is 5.11 Å². The number of rotatable bonds is 4. The summed E-state index contributed by atoms with van der Waals surface area (Å²) in [5.41, 5.74) is 0.148. The molecule has 1 aliphatic rings. The van der Waals surface area contributed by atoms with Crippen LogP contribution in [0.5, 0.6) is 0 Å². The minimum Gasteiger partial charge on any atom is -0.481 e. The molecule has 7 heteroatoms. The predicted octanol–water partition coefficient (Wildman–Crippen LogP) is 1.89. The highest BCUT2D eigenvalue weighted by Crippen LogP contribution is 2.28. The molecule has 1 atom stereocenters. The Morgan fingerprint density at radius 2 is 1.76 bits per heavy atom. The summed E-state index contributed by atoms with van der Waals surface area (Å²) in [7, 11) is 0. The number of halogens is 2. The van der Waals surface area contributed by atoms with Gasteiger partial charge in [0.25, 0.3) is 0 Å². The van der Waals surface area contributed by atoms with Crippen LogP contribution >= 0.6 is 0 Å². The molecule has 1 fully saturated rings. The quantitative estimate of drug-likeness (QED) is 0.887. The van der Waals surface area contributed by atoms with Crippen LogP contribution in [0.1, 0.15) is 24.4 Å². The lowest BCUT2D eigenvalue weighted by molar-refractivity contribution is -0.146. The van der Waals surface area contributed by atoms with Gasteiger partial charge >= 0.3 is 11.9 Å². The number of hydrogen-bond donors (Lipinski definition) is 2. The van der Waals surface area contributed by atoms with Gasteiger partial charge in [-0.05, 0) is 30.5 Å². The lowest BCUT2D eigenvalue weighted by Crippen LogP contribution is -2.41. The minimum absolute atomic E-state index is 0.148. The zero-order valence-electron chi connectivity index (χ0n) is 11.1. The number of aliphatic carboxylic acids is 2. The van der Waals surface area contributed by atoms with Crippen LogP contribution in [-0.2, 0) is 9.59 Å². The third-order valence-corrected chi connectivity index (χ3v) is 3.74. The van der Waals surface area contributed by atoms with Gasteiger partial charge in [0.15, 0.2) is 11.6 Å². The molecule has 1 unspecified atom stereocenters. The highest BCUT2D eigenvalue weighted by molar-refractivity contribution is 5.75. The van der Waals surface area contributed by atoms with Crippen LogP contribution in [0.25, 0.3) is 0 Å². The lowest BCUT2D eigenvalue weighted by atomic mass is 9.94. The SMILES string of the molecule is O=C(O)C1CCN(C(C(=O)O)c2ccc(F)c(F)c2)CC1. The van der Waals surface area contributed by atoms with Crippen molar-refractivity contribution in [2.45, 2.75) is 18.9 Å². The van der Waals surface area contributed by atoms with Crippen LogP contribution in [0.3, 0.4) is 0 Å². The van der Waals surface area contributed by atoms with Gasteiger partial charge in [-0.15, -0.1) is 0 Å². The van der Waals surface area contributed by atoms with Gasteiger partial charge < -0.3 is 10.2 Å². The Morgan fingerprint density at radius 3 is 2.24 bits per heavy atom. The zero-order chi connectivity index (χ0) is 15.6. The third-order valence-electron chi connectivity index (χ3n) is 3.74. The topological polar surface area (TPSA) is 77.8 Å². The number of piperidine rings is 1. The molecule has 1 saturated heterocycles. The van der Waals surface area contributed by atoms with E-state index in [1.54, 1.807) is 4.90 Å². The first-order valence-corrected chi connectivity index (χ1v) is 6.54. The van der Waals surface area contributed by atoms with Gasteiger partial charge in [-0.1, -0.05) is 6.07 Å². The average Bonchev–Trinajstić information content (AvgIpc) is 2.43. The largest absolute Gasteiger partial charge is 0.481 e. The van der Waals surface area contributed by atoms with Crippen molar-refractivity contribution in [3.63, 3.8) is 0 Å². The van der Waals surface area contributed by atoms with E-state index < -0.39 is 35.5 Å². The highest BCUT2D eigenvalue weighted by atomic mass is 19.2.